The van der Waals surface area contributed by atoms with Crippen molar-refractivity contribution >= 4 is 17.2 Å². The van der Waals surface area contributed by atoms with Crippen LogP contribution in [-0.4, -0.2) is 47.2 Å². The third-order valence-electron chi connectivity index (χ3n) is 4.65. The first kappa shape index (κ1) is 17.1. The first-order valence-corrected chi connectivity index (χ1v) is 8.81. The molecule has 2 aromatic heterocycles. The highest BCUT2D eigenvalue weighted by molar-refractivity contribution is 6.12. The quantitative estimate of drug-likeness (QED) is 0.520. The molecular weight excluding hydrogens is 340 g/mol. The summed E-state index contributed by atoms with van der Waals surface area (Å²) >= 11 is 0. The van der Waals surface area contributed by atoms with Gasteiger partial charge in [-0.15, -0.1) is 0 Å². The Labute approximate surface area is 157 Å². The molecule has 3 aromatic rings. The van der Waals surface area contributed by atoms with Crippen LogP contribution in [-0.2, 0) is 4.74 Å². The molecule has 1 aromatic carbocycles. The lowest BCUT2D eigenvalue weighted by atomic mass is 9.97. The van der Waals surface area contributed by atoms with E-state index >= 15 is 0 Å². The smallest absolute Gasteiger partial charge is 0.213 e. The van der Waals surface area contributed by atoms with Crippen molar-refractivity contribution in [3.63, 3.8) is 0 Å². The van der Waals surface area contributed by atoms with Crippen molar-refractivity contribution in [1.82, 2.24) is 15.2 Å². The summed E-state index contributed by atoms with van der Waals surface area (Å²) < 4.78 is 5.41. The summed E-state index contributed by atoms with van der Waals surface area (Å²) in [6.07, 6.45) is 5.16. The molecule has 4 N–H and O–H groups in total. The van der Waals surface area contributed by atoms with Gasteiger partial charge in [0.1, 0.15) is 5.82 Å². The van der Waals surface area contributed by atoms with Crippen LogP contribution < -0.4 is 16.0 Å². The molecule has 0 saturated carbocycles. The minimum atomic E-state index is 0.619. The third kappa shape index (κ3) is 3.63. The number of hydrogen-bond acceptors (Lipinski definition) is 6. The largest absolute Gasteiger partial charge is 0.398 e. The molecule has 0 amide bonds. The fraction of sp³-hybridized carbons (Fsp3) is 0.200. The topological polar surface area (TPSA) is 103 Å². The molecule has 0 bridgehead atoms. The number of benzene rings is 1. The summed E-state index contributed by atoms with van der Waals surface area (Å²) in [5, 5.41) is 14.3. The fourth-order valence-corrected chi connectivity index (χ4v) is 3.14. The lowest BCUT2D eigenvalue weighted by Crippen LogP contribution is -2.42. The molecule has 0 aliphatic carbocycles. The van der Waals surface area contributed by atoms with Crippen LogP contribution in [0.5, 0.6) is 0 Å². The van der Waals surface area contributed by atoms with Crippen molar-refractivity contribution in [3.8, 4) is 11.1 Å². The van der Waals surface area contributed by atoms with Gasteiger partial charge in [0.2, 0.25) is 5.71 Å². The summed E-state index contributed by atoms with van der Waals surface area (Å²) in [7, 11) is 0. The number of pyridine rings is 1. The molecule has 1 saturated heterocycles. The van der Waals surface area contributed by atoms with Crippen LogP contribution in [0.25, 0.3) is 11.1 Å². The van der Waals surface area contributed by atoms with E-state index in [9.17, 15) is 0 Å². The summed E-state index contributed by atoms with van der Waals surface area (Å²) in [6.45, 7) is 3.06. The van der Waals surface area contributed by atoms with Gasteiger partial charge in [0.15, 0.2) is 0 Å². The van der Waals surface area contributed by atoms with Gasteiger partial charge in [-0.25, -0.2) is 4.98 Å². The Hall–Kier alpha value is -3.32. The number of morpholine rings is 1. The lowest BCUT2D eigenvalue weighted by molar-refractivity contribution is -0.111. The van der Waals surface area contributed by atoms with Crippen LogP contribution >= 0.6 is 0 Å². The predicted octanol–water partition coefficient (Wildman–Crippen LogP) is 0.554. The van der Waals surface area contributed by atoms with Gasteiger partial charge in [0, 0.05) is 30.5 Å². The molecule has 1 aliphatic heterocycles. The van der Waals surface area contributed by atoms with E-state index < -0.39 is 0 Å². The second kappa shape index (κ2) is 7.51. The Kier molecular flexibility index (Phi) is 4.76. The lowest BCUT2D eigenvalue weighted by Gasteiger charge is -2.27. The first-order chi connectivity index (χ1) is 13.2. The molecule has 1 fully saturated rings. The van der Waals surface area contributed by atoms with Crippen LogP contribution in [0.3, 0.4) is 0 Å². The van der Waals surface area contributed by atoms with Gasteiger partial charge in [-0.1, -0.05) is 6.07 Å². The van der Waals surface area contributed by atoms with Crippen molar-refractivity contribution in [2.45, 2.75) is 0 Å². The fourth-order valence-electron chi connectivity index (χ4n) is 3.14. The van der Waals surface area contributed by atoms with E-state index in [4.69, 9.17) is 15.9 Å². The van der Waals surface area contributed by atoms with Crippen LogP contribution in [0.15, 0.2) is 55.0 Å². The number of aromatic nitrogens is 3. The Morgan fingerprint density at radius 3 is 2.63 bits per heavy atom. The van der Waals surface area contributed by atoms with Crippen molar-refractivity contribution in [2.75, 3.05) is 36.9 Å². The van der Waals surface area contributed by atoms with Crippen molar-refractivity contribution in [3.05, 3.63) is 66.1 Å². The molecule has 136 valence electrons. The standard InChI is InChI=1S/C20H20N6O/c21-18-2-1-14(16-4-6-24-25-13-16)11-17(18)20(22)15-3-5-23-19(12-15)26-7-9-27-10-8-26/h1-6,11-13,22H,7-10,21H2/p+1. The second-order valence-electron chi connectivity index (χ2n) is 6.35. The highest BCUT2D eigenvalue weighted by Crippen LogP contribution is 2.25. The number of nitrogen functional groups attached to an aromatic ring is 1. The molecule has 27 heavy (non-hydrogen) atoms. The maximum atomic E-state index is 6.50. The number of rotatable bonds is 4. The second-order valence-corrected chi connectivity index (χ2v) is 6.35. The summed E-state index contributed by atoms with van der Waals surface area (Å²) in [6, 6.07) is 11.6. The third-order valence-corrected chi connectivity index (χ3v) is 4.65. The molecular formula is C20H21N6O+. The summed E-state index contributed by atoms with van der Waals surface area (Å²) in [5.74, 6) is 0.895. The number of anilines is 2. The van der Waals surface area contributed by atoms with E-state index in [0.717, 1.165) is 41.2 Å². The van der Waals surface area contributed by atoms with E-state index in [1.807, 2.05) is 36.4 Å². The van der Waals surface area contributed by atoms with E-state index in [0.29, 0.717) is 24.6 Å². The monoisotopic (exact) mass is 361 g/mol. The van der Waals surface area contributed by atoms with Gasteiger partial charge in [-0.05, 0) is 35.9 Å². The molecule has 1 aliphatic rings. The number of ether oxygens (including phenoxy) is 1. The van der Waals surface area contributed by atoms with Gasteiger partial charge in [-0.2, -0.15) is 10.2 Å². The zero-order chi connectivity index (χ0) is 18.6. The van der Waals surface area contributed by atoms with Crippen LogP contribution in [0, 0.1) is 0 Å². The molecule has 0 radical (unpaired) electrons. The van der Waals surface area contributed by atoms with Gasteiger partial charge in [0.05, 0.1) is 36.7 Å². The van der Waals surface area contributed by atoms with E-state index in [2.05, 4.69) is 20.1 Å². The Bertz CT molecular complexity index is 954. The minimum absolute atomic E-state index is 0.619. The van der Waals surface area contributed by atoms with E-state index in [1.165, 1.54) is 0 Å². The van der Waals surface area contributed by atoms with E-state index in [1.54, 1.807) is 18.6 Å². The average Bonchev–Trinajstić information content (AvgIpc) is 2.75. The molecule has 3 heterocycles. The number of nitrogens with zero attached hydrogens (tertiary/aromatic N) is 4. The molecule has 7 nitrogen and oxygen atoms in total. The highest BCUT2D eigenvalue weighted by Gasteiger charge is 2.18. The number of nitrogens with two attached hydrogens (primary N) is 2. The number of hydrogen-bond donors (Lipinski definition) is 2. The molecule has 4 rings (SSSR count). The van der Waals surface area contributed by atoms with Gasteiger partial charge in [-0.3, -0.25) is 5.41 Å². The zero-order valence-corrected chi connectivity index (χ0v) is 14.9. The highest BCUT2D eigenvalue weighted by atomic mass is 16.5. The first-order valence-electron chi connectivity index (χ1n) is 8.81. The predicted molar refractivity (Wildman–Crippen MR) is 104 cm³/mol. The average molecular weight is 361 g/mol. The molecule has 0 spiro atoms. The zero-order valence-electron chi connectivity index (χ0n) is 14.9. The molecule has 0 unspecified atom stereocenters. The van der Waals surface area contributed by atoms with E-state index in [-0.39, 0.29) is 0 Å². The van der Waals surface area contributed by atoms with Crippen molar-refractivity contribution < 1.29 is 10.1 Å². The summed E-state index contributed by atoms with van der Waals surface area (Å²) in [4.78, 5) is 6.68. The maximum Gasteiger partial charge on any atom is 0.213 e. The Morgan fingerprint density at radius 1 is 1.00 bits per heavy atom. The molecule has 0 atom stereocenters. The Morgan fingerprint density at radius 2 is 1.85 bits per heavy atom. The van der Waals surface area contributed by atoms with Gasteiger partial charge < -0.3 is 15.4 Å². The maximum absolute atomic E-state index is 6.50. The van der Waals surface area contributed by atoms with Crippen LogP contribution in [0.2, 0.25) is 0 Å². The van der Waals surface area contributed by atoms with Crippen molar-refractivity contribution in [1.29, 1.82) is 0 Å². The SMILES string of the molecule is Nc1ccc(-c2ccnnc2)cc1C(=[NH2+])c1ccnc(N2CCOCC2)c1. The van der Waals surface area contributed by atoms with Crippen molar-refractivity contribution in [2.24, 2.45) is 0 Å². The van der Waals surface area contributed by atoms with Gasteiger partial charge in [0.25, 0.3) is 0 Å². The van der Waals surface area contributed by atoms with Crippen LogP contribution in [0.4, 0.5) is 11.5 Å². The Balaban J connectivity index is 1.66. The molecule has 7 heteroatoms. The summed E-state index contributed by atoms with van der Waals surface area (Å²) in [5.41, 5.74) is 11.1. The van der Waals surface area contributed by atoms with Crippen LogP contribution in [0.1, 0.15) is 11.1 Å². The minimum Gasteiger partial charge on any atom is -0.398 e. The van der Waals surface area contributed by atoms with Gasteiger partial charge >= 0.3 is 0 Å². The normalized spacial score (nSPS) is 14.1.